The molecule has 1 unspecified atom stereocenters. The predicted molar refractivity (Wildman–Crippen MR) is 96.4 cm³/mol. The molecule has 0 aromatic heterocycles. The highest BCUT2D eigenvalue weighted by molar-refractivity contribution is 7.81. The van der Waals surface area contributed by atoms with E-state index in [1.807, 2.05) is 6.07 Å². The van der Waals surface area contributed by atoms with Crippen LogP contribution in [0, 0.1) is 0 Å². The zero-order valence-corrected chi connectivity index (χ0v) is 16.2. The molecule has 0 aliphatic carbocycles. The van der Waals surface area contributed by atoms with Crippen molar-refractivity contribution in [2.24, 2.45) is 0 Å². The Hall–Kier alpha value is -1.15. The minimum Gasteiger partial charge on any atom is -0.438 e. The third-order valence-corrected chi connectivity index (χ3v) is 4.39. The average Bonchev–Trinajstić information content (AvgIpc) is 2.54. The fourth-order valence-electron chi connectivity index (χ4n) is 2.29. The number of para-hydroxylation sites is 1. The SMILES string of the molecule is CCCCCCCCOS(=O)(=O)OC(C)(OCC)Oc1ccccc1. The van der Waals surface area contributed by atoms with Crippen LogP contribution < -0.4 is 4.74 Å². The van der Waals surface area contributed by atoms with Gasteiger partial charge in [-0.3, -0.25) is 0 Å². The Kier molecular flexibility index (Phi) is 10.0. The Bertz CT molecular complexity index is 560. The molecule has 1 rings (SSSR count). The number of hydrogen-bond acceptors (Lipinski definition) is 6. The molecule has 0 saturated carbocycles. The first-order valence-electron chi connectivity index (χ1n) is 8.89. The first-order chi connectivity index (χ1) is 11.9. The summed E-state index contributed by atoms with van der Waals surface area (Å²) in [6.45, 7) is 5.58. The van der Waals surface area contributed by atoms with Gasteiger partial charge in [0.1, 0.15) is 5.75 Å². The van der Waals surface area contributed by atoms with Crippen molar-refractivity contribution in [2.45, 2.75) is 65.3 Å². The zero-order valence-electron chi connectivity index (χ0n) is 15.4. The first kappa shape index (κ1) is 21.9. The van der Waals surface area contributed by atoms with Gasteiger partial charge in [0, 0.05) is 6.92 Å². The van der Waals surface area contributed by atoms with Gasteiger partial charge in [0.2, 0.25) is 0 Å². The lowest BCUT2D eigenvalue weighted by Gasteiger charge is -2.28. The van der Waals surface area contributed by atoms with Crippen LogP contribution >= 0.6 is 0 Å². The second kappa shape index (κ2) is 11.5. The van der Waals surface area contributed by atoms with Gasteiger partial charge in [-0.05, 0) is 25.5 Å². The summed E-state index contributed by atoms with van der Waals surface area (Å²) in [5, 5.41) is 0. The average molecular weight is 374 g/mol. The third kappa shape index (κ3) is 9.79. The highest BCUT2D eigenvalue weighted by Gasteiger charge is 2.35. The molecular weight excluding hydrogens is 344 g/mol. The van der Waals surface area contributed by atoms with Crippen LogP contribution in [0.2, 0.25) is 0 Å². The van der Waals surface area contributed by atoms with Gasteiger partial charge in [-0.1, -0.05) is 57.2 Å². The van der Waals surface area contributed by atoms with Crippen LogP contribution in [0.15, 0.2) is 30.3 Å². The fraction of sp³-hybridized carbons (Fsp3) is 0.667. The smallest absolute Gasteiger partial charge is 0.405 e. The maximum absolute atomic E-state index is 12.0. The summed E-state index contributed by atoms with van der Waals surface area (Å²) in [5.74, 6) is -1.35. The third-order valence-electron chi connectivity index (χ3n) is 3.43. The number of benzene rings is 1. The quantitative estimate of drug-likeness (QED) is 0.355. The van der Waals surface area contributed by atoms with Crippen LogP contribution in [0.4, 0.5) is 0 Å². The highest BCUT2D eigenvalue weighted by Crippen LogP contribution is 2.23. The summed E-state index contributed by atoms with van der Waals surface area (Å²) in [6, 6.07) is 8.73. The fourth-order valence-corrected chi connectivity index (χ4v) is 3.11. The first-order valence-corrected chi connectivity index (χ1v) is 10.2. The molecule has 0 amide bonds. The Balaban J connectivity index is 2.49. The summed E-state index contributed by atoms with van der Waals surface area (Å²) >= 11 is 0. The van der Waals surface area contributed by atoms with Crippen molar-refractivity contribution in [2.75, 3.05) is 13.2 Å². The Morgan fingerprint density at radius 2 is 1.60 bits per heavy atom. The standard InChI is InChI=1S/C18H30O6S/c1-4-6-7-8-9-13-16-22-25(19,20)24-18(3,21-5-2)23-17-14-11-10-12-15-17/h10-12,14-15H,4-9,13,16H2,1-3H3. The number of rotatable bonds is 14. The van der Waals surface area contributed by atoms with E-state index in [9.17, 15) is 8.42 Å². The van der Waals surface area contributed by atoms with Crippen molar-refractivity contribution in [3.05, 3.63) is 30.3 Å². The van der Waals surface area contributed by atoms with Crippen LogP contribution in [0.3, 0.4) is 0 Å². The van der Waals surface area contributed by atoms with E-state index < -0.39 is 16.4 Å². The molecule has 0 saturated heterocycles. The van der Waals surface area contributed by atoms with Crippen molar-refractivity contribution in [1.29, 1.82) is 0 Å². The maximum Gasteiger partial charge on any atom is 0.405 e. The summed E-state index contributed by atoms with van der Waals surface area (Å²) in [6.07, 6.45) is 6.21. The predicted octanol–water partition coefficient (Wildman–Crippen LogP) is 4.41. The normalized spacial score (nSPS) is 14.2. The van der Waals surface area contributed by atoms with Gasteiger partial charge >= 0.3 is 16.4 Å². The molecule has 1 aromatic rings. The van der Waals surface area contributed by atoms with E-state index in [0.29, 0.717) is 12.2 Å². The molecule has 25 heavy (non-hydrogen) atoms. The van der Waals surface area contributed by atoms with Gasteiger partial charge in [-0.25, -0.2) is 4.18 Å². The Labute approximate surface area is 151 Å². The molecular formula is C18H30O6S. The molecule has 0 spiro atoms. The molecule has 0 aliphatic heterocycles. The van der Waals surface area contributed by atoms with Crippen LogP contribution in [-0.4, -0.2) is 27.6 Å². The van der Waals surface area contributed by atoms with Crippen molar-refractivity contribution in [1.82, 2.24) is 0 Å². The molecule has 0 N–H and O–H groups in total. The van der Waals surface area contributed by atoms with E-state index >= 15 is 0 Å². The van der Waals surface area contributed by atoms with E-state index in [1.165, 1.54) is 19.8 Å². The molecule has 1 atom stereocenters. The van der Waals surface area contributed by atoms with E-state index in [4.69, 9.17) is 17.8 Å². The lowest BCUT2D eigenvalue weighted by molar-refractivity contribution is -0.287. The van der Waals surface area contributed by atoms with Gasteiger partial charge < -0.3 is 9.47 Å². The highest BCUT2D eigenvalue weighted by atomic mass is 32.3. The van der Waals surface area contributed by atoms with E-state index in [1.54, 1.807) is 31.2 Å². The summed E-state index contributed by atoms with van der Waals surface area (Å²) < 4.78 is 44.9. The van der Waals surface area contributed by atoms with Crippen molar-refractivity contribution >= 4 is 10.4 Å². The molecule has 0 aliphatic rings. The van der Waals surface area contributed by atoms with Gasteiger partial charge in [0.25, 0.3) is 0 Å². The number of ether oxygens (including phenoxy) is 2. The summed E-state index contributed by atoms with van der Waals surface area (Å²) in [7, 11) is -4.23. The Morgan fingerprint density at radius 1 is 0.960 bits per heavy atom. The van der Waals surface area contributed by atoms with Gasteiger partial charge in [-0.15, -0.1) is 0 Å². The molecule has 0 fully saturated rings. The van der Waals surface area contributed by atoms with Crippen LogP contribution in [0.5, 0.6) is 5.75 Å². The molecule has 0 bridgehead atoms. The van der Waals surface area contributed by atoms with E-state index in [2.05, 4.69) is 6.92 Å². The van der Waals surface area contributed by atoms with Crippen LogP contribution in [0.1, 0.15) is 59.3 Å². The second-order valence-electron chi connectivity index (χ2n) is 5.79. The minimum atomic E-state index is -4.23. The molecule has 6 nitrogen and oxygen atoms in total. The van der Waals surface area contributed by atoms with Gasteiger partial charge in [0.05, 0.1) is 13.2 Å². The number of unbranched alkanes of at least 4 members (excludes halogenated alkanes) is 5. The molecule has 1 aromatic carbocycles. The monoisotopic (exact) mass is 374 g/mol. The minimum absolute atomic E-state index is 0.0853. The number of hydrogen-bond donors (Lipinski definition) is 0. The van der Waals surface area contributed by atoms with Crippen molar-refractivity contribution in [3.63, 3.8) is 0 Å². The van der Waals surface area contributed by atoms with Crippen LogP contribution in [-0.2, 0) is 23.5 Å². The lowest BCUT2D eigenvalue weighted by Crippen LogP contribution is -2.41. The largest absolute Gasteiger partial charge is 0.438 e. The molecule has 144 valence electrons. The van der Waals surface area contributed by atoms with Crippen molar-refractivity contribution < 1.29 is 26.3 Å². The van der Waals surface area contributed by atoms with Gasteiger partial charge in [0.15, 0.2) is 0 Å². The topological polar surface area (TPSA) is 71.1 Å². The summed E-state index contributed by atoms with van der Waals surface area (Å²) in [4.78, 5) is 0. The Morgan fingerprint density at radius 3 is 2.24 bits per heavy atom. The van der Waals surface area contributed by atoms with Crippen molar-refractivity contribution in [3.8, 4) is 5.75 Å². The second-order valence-corrected chi connectivity index (χ2v) is 7.01. The zero-order chi connectivity index (χ0) is 18.6. The molecule has 0 radical (unpaired) electrons. The maximum atomic E-state index is 12.0. The molecule has 7 heteroatoms. The summed E-state index contributed by atoms with van der Waals surface area (Å²) in [5.41, 5.74) is 0. The lowest BCUT2D eigenvalue weighted by atomic mass is 10.1. The van der Waals surface area contributed by atoms with E-state index in [0.717, 1.165) is 19.3 Å². The van der Waals surface area contributed by atoms with Gasteiger partial charge in [-0.2, -0.15) is 12.6 Å². The van der Waals surface area contributed by atoms with E-state index in [-0.39, 0.29) is 13.2 Å². The van der Waals surface area contributed by atoms with Crippen LogP contribution in [0.25, 0.3) is 0 Å². The molecule has 0 heterocycles.